The van der Waals surface area contributed by atoms with Crippen LogP contribution >= 0.6 is 0 Å². The topological polar surface area (TPSA) is 30.5 Å². The maximum atomic E-state index is 6.08. The van der Waals surface area contributed by atoms with Crippen molar-refractivity contribution in [1.82, 2.24) is 5.32 Å². The van der Waals surface area contributed by atoms with Crippen molar-refractivity contribution in [2.45, 2.75) is 50.9 Å². The number of ether oxygens (including phenoxy) is 2. The lowest BCUT2D eigenvalue weighted by molar-refractivity contribution is -0.00414. The minimum Gasteiger partial charge on any atom is -0.380 e. The first kappa shape index (κ1) is 15.0. The van der Waals surface area contributed by atoms with Gasteiger partial charge < -0.3 is 14.8 Å². The Balaban J connectivity index is 1.73. The van der Waals surface area contributed by atoms with Crippen LogP contribution in [-0.2, 0) is 15.9 Å². The van der Waals surface area contributed by atoms with Crippen molar-refractivity contribution in [2.75, 3.05) is 20.3 Å². The summed E-state index contributed by atoms with van der Waals surface area (Å²) in [5, 5.41) is 3.63. The molecule has 1 fully saturated rings. The van der Waals surface area contributed by atoms with E-state index < -0.39 is 0 Å². The Hall–Kier alpha value is -0.900. The van der Waals surface area contributed by atoms with Crippen molar-refractivity contribution >= 4 is 0 Å². The van der Waals surface area contributed by atoms with E-state index in [0.717, 1.165) is 31.9 Å². The van der Waals surface area contributed by atoms with Gasteiger partial charge in [-0.2, -0.15) is 0 Å². The fourth-order valence-corrected chi connectivity index (χ4v) is 3.61. The summed E-state index contributed by atoms with van der Waals surface area (Å²) in [6.45, 7) is 3.98. The molecule has 0 radical (unpaired) electrons. The van der Waals surface area contributed by atoms with Crippen LogP contribution in [0.3, 0.4) is 0 Å². The summed E-state index contributed by atoms with van der Waals surface area (Å²) in [5.41, 5.74) is 2.82. The molecule has 1 saturated carbocycles. The fourth-order valence-electron chi connectivity index (χ4n) is 3.61. The van der Waals surface area contributed by atoms with Crippen LogP contribution in [0.5, 0.6) is 0 Å². The maximum absolute atomic E-state index is 6.08. The molecule has 1 N–H and O–H groups in total. The highest BCUT2D eigenvalue weighted by molar-refractivity contribution is 5.31. The third kappa shape index (κ3) is 3.47. The van der Waals surface area contributed by atoms with E-state index in [9.17, 15) is 0 Å². The smallest absolute Gasteiger partial charge is 0.0843 e. The molecule has 0 spiro atoms. The lowest BCUT2D eigenvalue weighted by Gasteiger charge is -2.33. The molecule has 3 unspecified atom stereocenters. The van der Waals surface area contributed by atoms with Crippen molar-refractivity contribution < 1.29 is 9.47 Å². The van der Waals surface area contributed by atoms with E-state index in [4.69, 9.17) is 9.47 Å². The van der Waals surface area contributed by atoms with Crippen molar-refractivity contribution in [3.8, 4) is 0 Å². The maximum Gasteiger partial charge on any atom is 0.0843 e. The number of fused-ring (bicyclic) bond motifs is 1. The van der Waals surface area contributed by atoms with Crippen LogP contribution in [0.4, 0.5) is 0 Å². The van der Waals surface area contributed by atoms with E-state index >= 15 is 0 Å². The molecule has 2 aliphatic rings. The first-order chi connectivity index (χ1) is 10.3. The molecule has 3 atom stereocenters. The Kier molecular flexibility index (Phi) is 4.94. The molecular formula is C18H27NO2. The van der Waals surface area contributed by atoms with Gasteiger partial charge in [-0.15, -0.1) is 0 Å². The highest BCUT2D eigenvalue weighted by Gasteiger charge is 2.38. The summed E-state index contributed by atoms with van der Waals surface area (Å²) in [4.78, 5) is 0. The van der Waals surface area contributed by atoms with E-state index in [1.165, 1.54) is 24.0 Å². The van der Waals surface area contributed by atoms with Crippen LogP contribution in [0.15, 0.2) is 24.3 Å². The second kappa shape index (κ2) is 6.91. The summed E-state index contributed by atoms with van der Waals surface area (Å²) in [7, 11) is 1.85. The third-order valence-corrected chi connectivity index (χ3v) is 4.78. The van der Waals surface area contributed by atoms with Crippen LogP contribution < -0.4 is 5.32 Å². The van der Waals surface area contributed by atoms with E-state index in [-0.39, 0.29) is 6.10 Å². The highest BCUT2D eigenvalue weighted by atomic mass is 16.5. The Bertz CT molecular complexity index is 458. The highest BCUT2D eigenvalue weighted by Crippen LogP contribution is 2.38. The zero-order chi connectivity index (χ0) is 14.7. The number of hydrogen-bond acceptors (Lipinski definition) is 3. The summed E-state index contributed by atoms with van der Waals surface area (Å²) in [5.74, 6) is 0.734. The largest absolute Gasteiger partial charge is 0.380 e. The average molecular weight is 289 g/mol. The zero-order valence-electron chi connectivity index (χ0n) is 13.2. The predicted octanol–water partition coefficient (Wildman–Crippen LogP) is 3.09. The summed E-state index contributed by atoms with van der Waals surface area (Å²) in [6.07, 6.45) is 5.18. The predicted molar refractivity (Wildman–Crippen MR) is 84.4 cm³/mol. The van der Waals surface area contributed by atoms with Gasteiger partial charge in [-0.1, -0.05) is 31.2 Å². The van der Waals surface area contributed by atoms with E-state index in [1.807, 2.05) is 7.11 Å². The van der Waals surface area contributed by atoms with Crippen molar-refractivity contribution in [3.63, 3.8) is 0 Å². The van der Waals surface area contributed by atoms with E-state index in [0.29, 0.717) is 12.1 Å². The van der Waals surface area contributed by atoms with Crippen molar-refractivity contribution in [2.24, 2.45) is 5.92 Å². The standard InChI is InChI=1S/C18H27NO2/c1-3-19-16(18(20-2)14-8-9-14)12-17-15-7-5-4-6-13(15)10-11-21-17/h4-7,14,16-19H,3,8-12H2,1-2H3. The number of hydrogen-bond donors (Lipinski definition) is 1. The van der Waals surface area contributed by atoms with Crippen LogP contribution in [0.25, 0.3) is 0 Å². The van der Waals surface area contributed by atoms with E-state index in [1.54, 1.807) is 0 Å². The quantitative estimate of drug-likeness (QED) is 0.836. The zero-order valence-corrected chi connectivity index (χ0v) is 13.2. The fraction of sp³-hybridized carbons (Fsp3) is 0.667. The lowest BCUT2D eigenvalue weighted by Crippen LogP contribution is -2.43. The van der Waals surface area contributed by atoms with Crippen LogP contribution in [-0.4, -0.2) is 32.4 Å². The molecule has 1 heterocycles. The molecule has 3 rings (SSSR count). The molecule has 0 aromatic heterocycles. The monoisotopic (exact) mass is 289 g/mol. The SMILES string of the molecule is CCNC(CC1OCCc2ccccc21)C(OC)C1CC1. The van der Waals surface area contributed by atoms with Crippen LogP contribution in [0, 0.1) is 5.92 Å². The summed E-state index contributed by atoms with van der Waals surface area (Å²) in [6, 6.07) is 9.09. The van der Waals surface area contributed by atoms with Gasteiger partial charge in [0, 0.05) is 13.2 Å². The number of nitrogens with one attached hydrogen (secondary N) is 1. The van der Waals surface area contributed by atoms with Gasteiger partial charge in [0.2, 0.25) is 0 Å². The Morgan fingerprint density at radius 2 is 2.14 bits per heavy atom. The molecule has 116 valence electrons. The van der Waals surface area contributed by atoms with Crippen molar-refractivity contribution in [3.05, 3.63) is 35.4 Å². The normalized spacial score (nSPS) is 24.4. The first-order valence-electron chi connectivity index (χ1n) is 8.29. The number of methoxy groups -OCH3 is 1. The van der Waals surface area contributed by atoms with Crippen LogP contribution in [0.2, 0.25) is 0 Å². The lowest BCUT2D eigenvalue weighted by atomic mass is 9.91. The van der Waals surface area contributed by atoms with Gasteiger partial charge in [-0.25, -0.2) is 0 Å². The Morgan fingerprint density at radius 1 is 1.33 bits per heavy atom. The molecule has 3 heteroatoms. The molecule has 0 saturated heterocycles. The van der Waals surface area contributed by atoms with Crippen LogP contribution in [0.1, 0.15) is 43.4 Å². The first-order valence-corrected chi connectivity index (χ1v) is 8.29. The molecule has 1 aliphatic carbocycles. The third-order valence-electron chi connectivity index (χ3n) is 4.78. The molecule has 1 aromatic rings. The van der Waals surface area contributed by atoms with Gasteiger partial charge >= 0.3 is 0 Å². The molecular weight excluding hydrogens is 262 g/mol. The van der Waals surface area contributed by atoms with E-state index in [2.05, 4.69) is 36.5 Å². The molecule has 1 aliphatic heterocycles. The Morgan fingerprint density at radius 3 is 2.86 bits per heavy atom. The molecule has 0 bridgehead atoms. The molecule has 0 amide bonds. The van der Waals surface area contributed by atoms with Gasteiger partial charge in [0.15, 0.2) is 0 Å². The number of rotatable bonds is 7. The van der Waals surface area contributed by atoms with Gasteiger partial charge in [-0.3, -0.25) is 0 Å². The minimum atomic E-state index is 0.204. The summed E-state index contributed by atoms with van der Waals surface area (Å²) >= 11 is 0. The average Bonchev–Trinajstić information content (AvgIpc) is 3.33. The number of benzene rings is 1. The van der Waals surface area contributed by atoms with Gasteiger partial charge in [0.25, 0.3) is 0 Å². The molecule has 3 nitrogen and oxygen atoms in total. The minimum absolute atomic E-state index is 0.204. The molecule has 1 aromatic carbocycles. The van der Waals surface area contributed by atoms with Crippen molar-refractivity contribution in [1.29, 1.82) is 0 Å². The Labute approximate surface area is 128 Å². The summed E-state index contributed by atoms with van der Waals surface area (Å²) < 4.78 is 11.9. The second-order valence-electron chi connectivity index (χ2n) is 6.25. The van der Waals surface area contributed by atoms with Gasteiger partial charge in [0.05, 0.1) is 18.8 Å². The second-order valence-corrected chi connectivity index (χ2v) is 6.25. The van der Waals surface area contributed by atoms with Gasteiger partial charge in [-0.05, 0) is 49.3 Å². The number of likely N-dealkylation sites (N-methyl/N-ethyl adjacent to an activating group) is 1. The van der Waals surface area contributed by atoms with Gasteiger partial charge in [0.1, 0.15) is 0 Å². The molecule has 21 heavy (non-hydrogen) atoms.